The molecule has 1 aliphatic rings. The van der Waals surface area contributed by atoms with Gasteiger partial charge in [-0.3, -0.25) is 0 Å². The maximum atomic E-state index is 3.98. The molecular formula is C7H13N5. The van der Waals surface area contributed by atoms with E-state index in [-0.39, 0.29) is 0 Å². The van der Waals surface area contributed by atoms with Crippen LogP contribution in [0.15, 0.2) is 6.33 Å². The van der Waals surface area contributed by atoms with E-state index in [4.69, 9.17) is 0 Å². The average Bonchev–Trinajstić information content (AvgIpc) is 2.59. The Hall–Kier alpha value is -0.970. The second-order valence-corrected chi connectivity index (χ2v) is 3.20. The van der Waals surface area contributed by atoms with Gasteiger partial charge in [0.2, 0.25) is 0 Å². The molecule has 2 heterocycles. The van der Waals surface area contributed by atoms with Crippen molar-refractivity contribution in [2.75, 3.05) is 13.1 Å². The Labute approximate surface area is 71.1 Å². The molecule has 1 fully saturated rings. The molecule has 0 aromatic carbocycles. The molecule has 5 heteroatoms. The lowest BCUT2D eigenvalue weighted by atomic mass is 10.0. The van der Waals surface area contributed by atoms with Crippen molar-refractivity contribution in [2.24, 2.45) is 5.92 Å². The van der Waals surface area contributed by atoms with Crippen LogP contribution >= 0.6 is 0 Å². The summed E-state index contributed by atoms with van der Waals surface area (Å²) in [5.74, 6) is 0.674. The normalized spacial score (nSPS) is 24.2. The van der Waals surface area contributed by atoms with E-state index in [1.165, 1.54) is 19.2 Å². The Morgan fingerprint density at radius 3 is 3.25 bits per heavy atom. The van der Waals surface area contributed by atoms with Crippen molar-refractivity contribution in [1.82, 2.24) is 25.5 Å². The van der Waals surface area contributed by atoms with Crippen LogP contribution in [0.3, 0.4) is 0 Å². The third-order valence-corrected chi connectivity index (χ3v) is 2.21. The highest BCUT2D eigenvalue weighted by Crippen LogP contribution is 2.10. The lowest BCUT2D eigenvalue weighted by Gasteiger charge is -2.21. The summed E-state index contributed by atoms with van der Waals surface area (Å²) in [6.45, 7) is 3.13. The van der Waals surface area contributed by atoms with E-state index in [9.17, 15) is 0 Å². The standard InChI is InChI=1S/C7H13N5/c1-2-7(4-8-3-1)5-12-10-6-9-11-12/h6-8H,1-5H2. The molecule has 1 atom stereocenters. The van der Waals surface area contributed by atoms with E-state index < -0.39 is 0 Å². The van der Waals surface area contributed by atoms with Gasteiger partial charge in [0.15, 0.2) is 6.33 Å². The molecule has 1 aromatic heterocycles. The van der Waals surface area contributed by atoms with Gasteiger partial charge in [-0.1, -0.05) is 0 Å². The van der Waals surface area contributed by atoms with Gasteiger partial charge in [0.1, 0.15) is 0 Å². The Balaban J connectivity index is 1.86. The van der Waals surface area contributed by atoms with Crippen molar-refractivity contribution >= 4 is 0 Å². The third kappa shape index (κ3) is 1.79. The molecule has 0 spiro atoms. The number of nitrogens with one attached hydrogen (secondary N) is 1. The molecule has 12 heavy (non-hydrogen) atoms. The summed E-state index contributed by atoms with van der Waals surface area (Å²) >= 11 is 0. The number of piperidine rings is 1. The van der Waals surface area contributed by atoms with Crippen LogP contribution < -0.4 is 5.32 Å². The fourth-order valence-electron chi connectivity index (χ4n) is 1.58. The molecule has 1 unspecified atom stereocenters. The first kappa shape index (κ1) is 7.67. The van der Waals surface area contributed by atoms with Crippen molar-refractivity contribution in [2.45, 2.75) is 19.4 Å². The molecule has 1 aromatic rings. The van der Waals surface area contributed by atoms with Crippen molar-refractivity contribution in [1.29, 1.82) is 0 Å². The van der Waals surface area contributed by atoms with Gasteiger partial charge in [-0.05, 0) is 37.1 Å². The highest BCUT2D eigenvalue weighted by Gasteiger charge is 2.13. The van der Waals surface area contributed by atoms with E-state index in [0.29, 0.717) is 5.92 Å². The largest absolute Gasteiger partial charge is 0.316 e. The zero-order chi connectivity index (χ0) is 8.23. The van der Waals surface area contributed by atoms with Crippen LogP contribution in [0.1, 0.15) is 12.8 Å². The minimum absolute atomic E-state index is 0.674. The van der Waals surface area contributed by atoms with E-state index in [0.717, 1.165) is 19.6 Å². The van der Waals surface area contributed by atoms with Crippen LogP contribution in [0, 0.1) is 5.92 Å². The van der Waals surface area contributed by atoms with E-state index in [2.05, 4.69) is 20.7 Å². The number of tetrazole rings is 1. The molecule has 0 amide bonds. The summed E-state index contributed by atoms with van der Waals surface area (Å²) in [7, 11) is 0. The number of rotatable bonds is 2. The topological polar surface area (TPSA) is 55.6 Å². The third-order valence-electron chi connectivity index (χ3n) is 2.21. The molecule has 0 bridgehead atoms. The van der Waals surface area contributed by atoms with Gasteiger partial charge in [-0.2, -0.15) is 4.80 Å². The number of aromatic nitrogens is 4. The fourth-order valence-corrected chi connectivity index (χ4v) is 1.58. The quantitative estimate of drug-likeness (QED) is 0.655. The minimum Gasteiger partial charge on any atom is -0.316 e. The smallest absolute Gasteiger partial charge is 0.162 e. The first-order valence-electron chi connectivity index (χ1n) is 4.36. The monoisotopic (exact) mass is 167 g/mol. The van der Waals surface area contributed by atoms with Gasteiger partial charge in [-0.15, -0.1) is 10.2 Å². The van der Waals surface area contributed by atoms with Gasteiger partial charge in [0.25, 0.3) is 0 Å². The van der Waals surface area contributed by atoms with Crippen molar-refractivity contribution in [3.8, 4) is 0 Å². The van der Waals surface area contributed by atoms with Crippen LogP contribution in [-0.4, -0.2) is 33.3 Å². The fraction of sp³-hybridized carbons (Fsp3) is 0.857. The summed E-state index contributed by atoms with van der Waals surface area (Å²) in [6.07, 6.45) is 4.02. The first-order valence-corrected chi connectivity index (χ1v) is 4.36. The Morgan fingerprint density at radius 1 is 1.58 bits per heavy atom. The predicted octanol–water partition coefficient (Wildman–Crippen LogP) is -0.327. The van der Waals surface area contributed by atoms with Gasteiger partial charge >= 0.3 is 0 Å². The number of hydrogen-bond acceptors (Lipinski definition) is 4. The van der Waals surface area contributed by atoms with Crippen molar-refractivity contribution in [3.63, 3.8) is 0 Å². The molecule has 2 rings (SSSR count). The SMILES string of the molecule is c1nnn(CC2CCCNC2)n1. The lowest BCUT2D eigenvalue weighted by Crippen LogP contribution is -2.32. The van der Waals surface area contributed by atoms with Crippen LogP contribution in [-0.2, 0) is 6.54 Å². The second kappa shape index (κ2) is 3.62. The first-order chi connectivity index (χ1) is 5.95. The molecule has 1 N–H and O–H groups in total. The van der Waals surface area contributed by atoms with E-state index >= 15 is 0 Å². The Kier molecular flexibility index (Phi) is 2.31. The second-order valence-electron chi connectivity index (χ2n) is 3.20. The van der Waals surface area contributed by atoms with Crippen molar-refractivity contribution < 1.29 is 0 Å². The van der Waals surface area contributed by atoms with Crippen LogP contribution in [0.25, 0.3) is 0 Å². The Morgan fingerprint density at radius 2 is 2.58 bits per heavy atom. The van der Waals surface area contributed by atoms with Gasteiger partial charge in [0, 0.05) is 0 Å². The van der Waals surface area contributed by atoms with E-state index in [1.807, 2.05) is 0 Å². The zero-order valence-electron chi connectivity index (χ0n) is 6.98. The Bertz CT molecular complexity index is 214. The van der Waals surface area contributed by atoms with E-state index in [1.54, 1.807) is 4.80 Å². The molecule has 0 radical (unpaired) electrons. The summed E-state index contributed by atoms with van der Waals surface area (Å²) in [5, 5.41) is 14.8. The summed E-state index contributed by atoms with van der Waals surface area (Å²) in [6, 6.07) is 0. The molecule has 66 valence electrons. The van der Waals surface area contributed by atoms with Gasteiger partial charge < -0.3 is 5.32 Å². The average molecular weight is 167 g/mol. The van der Waals surface area contributed by atoms with Crippen molar-refractivity contribution in [3.05, 3.63) is 6.33 Å². The van der Waals surface area contributed by atoms with Crippen LogP contribution in [0.4, 0.5) is 0 Å². The highest BCUT2D eigenvalue weighted by atomic mass is 15.6. The van der Waals surface area contributed by atoms with Crippen LogP contribution in [0.2, 0.25) is 0 Å². The molecular weight excluding hydrogens is 154 g/mol. The highest BCUT2D eigenvalue weighted by molar-refractivity contribution is 4.67. The molecule has 1 saturated heterocycles. The summed E-state index contributed by atoms with van der Waals surface area (Å²) in [4.78, 5) is 1.66. The summed E-state index contributed by atoms with van der Waals surface area (Å²) < 4.78 is 0. The van der Waals surface area contributed by atoms with Gasteiger partial charge in [0.05, 0.1) is 6.54 Å². The number of hydrogen-bond donors (Lipinski definition) is 1. The maximum Gasteiger partial charge on any atom is 0.162 e. The number of nitrogens with zero attached hydrogens (tertiary/aromatic N) is 4. The molecule has 5 nitrogen and oxygen atoms in total. The lowest BCUT2D eigenvalue weighted by molar-refractivity contribution is 0.307. The zero-order valence-corrected chi connectivity index (χ0v) is 6.98. The minimum atomic E-state index is 0.674. The predicted molar refractivity (Wildman–Crippen MR) is 43.4 cm³/mol. The van der Waals surface area contributed by atoms with Crippen LogP contribution in [0.5, 0.6) is 0 Å². The molecule has 0 saturated carbocycles. The summed E-state index contributed by atoms with van der Waals surface area (Å²) in [5.41, 5.74) is 0. The maximum absolute atomic E-state index is 3.98. The van der Waals surface area contributed by atoms with Gasteiger partial charge in [-0.25, -0.2) is 0 Å². The molecule has 0 aliphatic carbocycles. The molecule has 1 aliphatic heterocycles.